The van der Waals surface area contributed by atoms with Gasteiger partial charge in [-0.2, -0.15) is 5.26 Å². The van der Waals surface area contributed by atoms with Crippen molar-refractivity contribution in [2.75, 3.05) is 12.4 Å². The van der Waals surface area contributed by atoms with Gasteiger partial charge < -0.3 is 14.8 Å². The van der Waals surface area contributed by atoms with Gasteiger partial charge in [0.1, 0.15) is 35.6 Å². The molecule has 3 rings (SSSR count). The van der Waals surface area contributed by atoms with Crippen LogP contribution in [0.15, 0.2) is 70.7 Å². The van der Waals surface area contributed by atoms with Crippen LogP contribution in [0.2, 0.25) is 0 Å². The van der Waals surface area contributed by atoms with E-state index < -0.39 is 5.91 Å². The summed E-state index contributed by atoms with van der Waals surface area (Å²) in [6.07, 6.45) is 1.49. The Morgan fingerprint density at radius 2 is 1.94 bits per heavy atom. The molecule has 0 radical (unpaired) electrons. The Labute approximate surface area is 207 Å². The molecular formula is C24H17BrFIN2O3. The van der Waals surface area contributed by atoms with Gasteiger partial charge in [0.05, 0.1) is 15.2 Å². The average Bonchev–Trinajstić information content (AvgIpc) is 2.78. The lowest BCUT2D eigenvalue weighted by Crippen LogP contribution is -2.13. The van der Waals surface area contributed by atoms with E-state index >= 15 is 0 Å². The highest BCUT2D eigenvalue weighted by atomic mass is 127. The number of halogens is 3. The summed E-state index contributed by atoms with van der Waals surface area (Å²) in [4.78, 5) is 12.5. The largest absolute Gasteiger partial charge is 0.497 e. The molecule has 0 atom stereocenters. The summed E-state index contributed by atoms with van der Waals surface area (Å²) >= 11 is 5.55. The maximum Gasteiger partial charge on any atom is 0.266 e. The van der Waals surface area contributed by atoms with E-state index in [1.54, 1.807) is 61.7 Å². The molecule has 0 spiro atoms. The van der Waals surface area contributed by atoms with Crippen molar-refractivity contribution < 1.29 is 18.7 Å². The summed E-state index contributed by atoms with van der Waals surface area (Å²) in [5.74, 6) is 0.353. The molecular weight excluding hydrogens is 590 g/mol. The van der Waals surface area contributed by atoms with Crippen LogP contribution < -0.4 is 14.8 Å². The number of ether oxygens (including phenoxy) is 2. The molecule has 0 aromatic heterocycles. The minimum atomic E-state index is -0.524. The third-order valence-electron chi connectivity index (χ3n) is 4.37. The van der Waals surface area contributed by atoms with Gasteiger partial charge in [-0.1, -0.05) is 18.2 Å². The number of nitriles is 1. The number of nitrogens with zero attached hydrogens (tertiary/aromatic N) is 1. The first kappa shape index (κ1) is 23.8. The van der Waals surface area contributed by atoms with Crippen molar-refractivity contribution in [3.05, 3.63) is 91.2 Å². The highest BCUT2D eigenvalue weighted by molar-refractivity contribution is 14.1. The molecule has 0 aliphatic heterocycles. The van der Waals surface area contributed by atoms with Crippen molar-refractivity contribution in [2.45, 2.75) is 6.61 Å². The molecule has 0 heterocycles. The lowest BCUT2D eigenvalue weighted by atomic mass is 10.1. The van der Waals surface area contributed by atoms with E-state index in [0.29, 0.717) is 32.8 Å². The second-order valence-electron chi connectivity index (χ2n) is 6.55. The van der Waals surface area contributed by atoms with E-state index in [1.165, 1.54) is 12.1 Å². The Morgan fingerprint density at radius 3 is 2.56 bits per heavy atom. The highest BCUT2D eigenvalue weighted by Gasteiger charge is 2.13. The monoisotopic (exact) mass is 606 g/mol. The lowest BCUT2D eigenvalue weighted by Gasteiger charge is -2.12. The zero-order valence-electron chi connectivity index (χ0n) is 16.9. The van der Waals surface area contributed by atoms with Gasteiger partial charge in [-0.25, -0.2) is 4.39 Å². The van der Waals surface area contributed by atoms with Gasteiger partial charge in [-0.3, -0.25) is 4.79 Å². The van der Waals surface area contributed by atoms with E-state index in [1.807, 2.05) is 6.07 Å². The Balaban J connectivity index is 1.76. The summed E-state index contributed by atoms with van der Waals surface area (Å²) in [6.45, 7) is 0.0736. The summed E-state index contributed by atoms with van der Waals surface area (Å²) in [5.41, 5.74) is 1.58. The van der Waals surface area contributed by atoms with Crippen LogP contribution in [0, 0.1) is 20.7 Å². The molecule has 5 nitrogen and oxygen atoms in total. The average molecular weight is 607 g/mol. The molecule has 0 aliphatic carbocycles. The molecule has 32 heavy (non-hydrogen) atoms. The molecule has 3 aromatic carbocycles. The molecule has 0 aliphatic rings. The fraction of sp³-hybridized carbons (Fsp3) is 0.0833. The minimum absolute atomic E-state index is 0.0523. The Kier molecular flexibility index (Phi) is 8.25. The van der Waals surface area contributed by atoms with Gasteiger partial charge in [-0.15, -0.1) is 0 Å². The molecule has 0 fully saturated rings. The van der Waals surface area contributed by atoms with Crippen molar-refractivity contribution in [3.63, 3.8) is 0 Å². The van der Waals surface area contributed by atoms with Crippen molar-refractivity contribution in [2.24, 2.45) is 0 Å². The van der Waals surface area contributed by atoms with Crippen molar-refractivity contribution in [3.8, 4) is 17.6 Å². The van der Waals surface area contributed by atoms with Crippen LogP contribution in [0.4, 0.5) is 10.1 Å². The molecule has 3 aromatic rings. The standard InChI is InChI=1S/C24H17BrFIN2O3/c1-31-19-8-6-18(7-9-19)29-24(30)17(13-28)10-15-11-20(25)23(22(27)12-15)32-14-16-4-2-3-5-21(16)26/h2-12H,14H2,1H3,(H,29,30)/b17-10-. The zero-order valence-corrected chi connectivity index (χ0v) is 20.6. The predicted octanol–water partition coefficient (Wildman–Crippen LogP) is 6.33. The number of rotatable bonds is 7. The van der Waals surface area contributed by atoms with Crippen LogP contribution in [0.25, 0.3) is 6.08 Å². The highest BCUT2D eigenvalue weighted by Crippen LogP contribution is 2.33. The number of carbonyl (C=O) groups is 1. The molecule has 0 saturated heterocycles. The smallest absolute Gasteiger partial charge is 0.266 e. The number of benzene rings is 3. The van der Waals surface area contributed by atoms with Crippen LogP contribution in [0.1, 0.15) is 11.1 Å². The van der Waals surface area contributed by atoms with E-state index in [-0.39, 0.29) is 18.0 Å². The summed E-state index contributed by atoms with van der Waals surface area (Å²) in [5, 5.41) is 12.2. The summed E-state index contributed by atoms with van der Waals surface area (Å²) in [7, 11) is 1.56. The van der Waals surface area contributed by atoms with Crippen molar-refractivity contribution in [1.82, 2.24) is 0 Å². The van der Waals surface area contributed by atoms with Gasteiger partial charge in [-0.05, 0) is 92.6 Å². The SMILES string of the molecule is COc1ccc(NC(=O)/C(C#N)=C\c2cc(Br)c(OCc3ccccc3F)c(I)c2)cc1. The van der Waals surface area contributed by atoms with Crippen LogP contribution in [-0.4, -0.2) is 13.0 Å². The Hall–Kier alpha value is -2.90. The predicted molar refractivity (Wildman–Crippen MR) is 133 cm³/mol. The molecule has 1 N–H and O–H groups in total. The van der Waals surface area contributed by atoms with E-state index in [0.717, 1.165) is 3.57 Å². The Morgan fingerprint density at radius 1 is 1.22 bits per heavy atom. The van der Waals surface area contributed by atoms with Crippen molar-refractivity contribution >= 4 is 56.2 Å². The van der Waals surface area contributed by atoms with Crippen LogP contribution in [0.3, 0.4) is 0 Å². The fourth-order valence-electron chi connectivity index (χ4n) is 2.75. The number of hydrogen-bond donors (Lipinski definition) is 1. The third-order valence-corrected chi connectivity index (χ3v) is 5.76. The van der Waals surface area contributed by atoms with Crippen LogP contribution >= 0.6 is 38.5 Å². The molecule has 0 unspecified atom stereocenters. The third kappa shape index (κ3) is 6.08. The maximum atomic E-state index is 13.8. The molecule has 0 bridgehead atoms. The van der Waals surface area contributed by atoms with Gasteiger partial charge in [0.2, 0.25) is 0 Å². The summed E-state index contributed by atoms with van der Waals surface area (Å²) < 4.78 is 26.1. The zero-order chi connectivity index (χ0) is 23.1. The first-order valence-electron chi connectivity index (χ1n) is 9.33. The number of amides is 1. The molecule has 162 valence electrons. The van der Waals surface area contributed by atoms with Crippen LogP contribution in [0.5, 0.6) is 11.5 Å². The van der Waals surface area contributed by atoms with Gasteiger partial charge in [0, 0.05) is 11.3 Å². The van der Waals surface area contributed by atoms with Gasteiger partial charge in [0.15, 0.2) is 0 Å². The van der Waals surface area contributed by atoms with E-state index in [2.05, 4.69) is 43.8 Å². The number of hydrogen-bond acceptors (Lipinski definition) is 4. The number of methoxy groups -OCH3 is 1. The van der Waals surface area contributed by atoms with Crippen molar-refractivity contribution in [1.29, 1.82) is 5.26 Å². The first-order chi connectivity index (χ1) is 15.4. The van der Waals surface area contributed by atoms with E-state index in [4.69, 9.17) is 9.47 Å². The molecule has 1 amide bonds. The number of anilines is 1. The Bertz CT molecular complexity index is 1180. The van der Waals surface area contributed by atoms with Gasteiger partial charge in [0.25, 0.3) is 5.91 Å². The number of carbonyl (C=O) groups excluding carboxylic acids is 1. The minimum Gasteiger partial charge on any atom is -0.497 e. The summed E-state index contributed by atoms with van der Waals surface area (Å²) in [6, 6.07) is 18.7. The quantitative estimate of drug-likeness (QED) is 0.194. The fourth-order valence-corrected chi connectivity index (χ4v) is 4.52. The molecule has 0 saturated carbocycles. The lowest BCUT2D eigenvalue weighted by molar-refractivity contribution is -0.112. The second-order valence-corrected chi connectivity index (χ2v) is 8.56. The normalized spacial score (nSPS) is 10.9. The number of nitrogens with one attached hydrogen (secondary N) is 1. The van der Waals surface area contributed by atoms with Crippen LogP contribution in [-0.2, 0) is 11.4 Å². The first-order valence-corrected chi connectivity index (χ1v) is 11.2. The second kappa shape index (κ2) is 11.1. The maximum absolute atomic E-state index is 13.8. The van der Waals surface area contributed by atoms with E-state index in [9.17, 15) is 14.4 Å². The topological polar surface area (TPSA) is 71.3 Å². The molecule has 8 heteroatoms. The van der Waals surface area contributed by atoms with Gasteiger partial charge >= 0.3 is 0 Å².